The molecule has 0 radical (unpaired) electrons. The summed E-state index contributed by atoms with van der Waals surface area (Å²) in [5.74, 6) is 0.690. The second kappa shape index (κ2) is 10.4. The van der Waals surface area contributed by atoms with E-state index in [1.54, 1.807) is 4.31 Å². The van der Waals surface area contributed by atoms with Crippen molar-refractivity contribution in [2.24, 2.45) is 11.1 Å². The highest BCUT2D eigenvalue weighted by atomic mass is 32.2. The van der Waals surface area contributed by atoms with Crippen molar-refractivity contribution in [2.75, 3.05) is 13.1 Å². The van der Waals surface area contributed by atoms with E-state index in [0.29, 0.717) is 23.9 Å². The van der Waals surface area contributed by atoms with Crippen LogP contribution in [0.3, 0.4) is 0 Å². The number of rotatable bonds is 6. The van der Waals surface area contributed by atoms with E-state index in [9.17, 15) is 8.42 Å². The molecule has 1 aliphatic heterocycles. The van der Waals surface area contributed by atoms with E-state index >= 15 is 0 Å². The topological polar surface area (TPSA) is 68.3 Å². The van der Waals surface area contributed by atoms with Crippen molar-refractivity contribution in [1.29, 1.82) is 0 Å². The Morgan fingerprint density at radius 2 is 1.65 bits per heavy atom. The maximum absolute atomic E-state index is 13.6. The number of nitrogens with two attached hydrogens (primary N) is 1. The molecule has 0 amide bonds. The van der Waals surface area contributed by atoms with Gasteiger partial charge in [-0.2, -0.15) is 4.31 Å². The first-order valence-electron chi connectivity index (χ1n) is 12.8. The van der Waals surface area contributed by atoms with Crippen LogP contribution in [0.4, 0.5) is 0 Å². The van der Waals surface area contributed by atoms with Gasteiger partial charge in [-0.05, 0) is 85.2 Å². The Labute approximate surface area is 210 Å². The number of benzene rings is 1. The third-order valence-corrected chi connectivity index (χ3v) is 10.3. The molecule has 1 saturated carbocycles. The van der Waals surface area contributed by atoms with E-state index < -0.39 is 10.0 Å². The van der Waals surface area contributed by atoms with Crippen LogP contribution >= 0.6 is 11.9 Å². The highest BCUT2D eigenvalue weighted by Gasteiger charge is 2.32. The Hall–Kier alpha value is -1.28. The summed E-state index contributed by atoms with van der Waals surface area (Å²) in [6.07, 6.45) is 9.53. The van der Waals surface area contributed by atoms with Crippen molar-refractivity contribution in [3.05, 3.63) is 35.5 Å². The zero-order chi connectivity index (χ0) is 24.5. The van der Waals surface area contributed by atoms with Crippen molar-refractivity contribution in [2.45, 2.75) is 101 Å². The number of nitrogens with zero attached hydrogens (tertiary/aromatic N) is 2. The predicted octanol–water partition coefficient (Wildman–Crippen LogP) is 6.48. The first-order valence-corrected chi connectivity index (χ1v) is 15.2. The van der Waals surface area contributed by atoms with Gasteiger partial charge in [0.25, 0.3) is 0 Å². The fraction of sp³-hybridized carbons (Fsp3) is 0.630. The summed E-state index contributed by atoms with van der Waals surface area (Å²) in [7, 11) is -3.51. The van der Waals surface area contributed by atoms with Gasteiger partial charge in [-0.3, -0.25) is 5.14 Å². The molecule has 5 nitrogen and oxygen atoms in total. The largest absolute Gasteiger partial charge is 0.343 e. The number of hydrogen-bond donors (Lipinski definition) is 1. The number of piperidine rings is 1. The number of sulfonamides is 1. The fourth-order valence-corrected chi connectivity index (χ4v) is 7.95. The molecule has 0 spiro atoms. The van der Waals surface area contributed by atoms with Crippen molar-refractivity contribution in [3.8, 4) is 11.3 Å². The SMILES string of the molecule is Cc1c(SN)cc(-c2ccc(S(=O)(=O)N3CCCCC3)c(C(C)(C)C)c2)n1CC1CCCCC1. The van der Waals surface area contributed by atoms with Crippen LogP contribution in [0.25, 0.3) is 11.3 Å². The van der Waals surface area contributed by atoms with E-state index in [4.69, 9.17) is 5.14 Å². The Morgan fingerprint density at radius 1 is 1.00 bits per heavy atom. The fourth-order valence-electron chi connectivity index (χ4n) is 5.59. The molecule has 2 N–H and O–H groups in total. The van der Waals surface area contributed by atoms with Crippen molar-refractivity contribution >= 4 is 22.0 Å². The van der Waals surface area contributed by atoms with Gasteiger partial charge in [-0.25, -0.2) is 8.42 Å². The van der Waals surface area contributed by atoms with Crippen molar-refractivity contribution in [1.82, 2.24) is 8.87 Å². The Balaban J connectivity index is 1.78. The van der Waals surface area contributed by atoms with Crippen molar-refractivity contribution in [3.63, 3.8) is 0 Å². The predicted molar refractivity (Wildman–Crippen MR) is 143 cm³/mol. The van der Waals surface area contributed by atoms with Gasteiger partial charge in [0.15, 0.2) is 0 Å². The van der Waals surface area contributed by atoms with E-state index in [-0.39, 0.29) is 5.41 Å². The monoisotopic (exact) mass is 503 g/mol. The molecule has 1 aromatic carbocycles. The van der Waals surface area contributed by atoms with Crippen LogP contribution in [0.15, 0.2) is 34.1 Å². The highest BCUT2D eigenvalue weighted by Crippen LogP contribution is 2.38. The Bertz CT molecular complexity index is 1100. The molecule has 2 heterocycles. The average Bonchev–Trinajstić information content (AvgIpc) is 3.14. The molecular formula is C27H41N3O2S2. The van der Waals surface area contributed by atoms with Crippen LogP contribution < -0.4 is 5.14 Å². The molecule has 4 rings (SSSR count). The molecule has 2 aromatic rings. The summed E-state index contributed by atoms with van der Waals surface area (Å²) in [5.41, 5.74) is 4.01. The van der Waals surface area contributed by atoms with Crippen LogP contribution in [0.5, 0.6) is 0 Å². The summed E-state index contributed by atoms with van der Waals surface area (Å²) in [6.45, 7) is 10.7. The van der Waals surface area contributed by atoms with Gasteiger partial charge in [-0.1, -0.05) is 52.5 Å². The minimum absolute atomic E-state index is 0.296. The summed E-state index contributed by atoms with van der Waals surface area (Å²) >= 11 is 1.30. The molecule has 0 bridgehead atoms. The zero-order valence-electron chi connectivity index (χ0n) is 21.3. The first kappa shape index (κ1) is 25.8. The lowest BCUT2D eigenvalue weighted by Crippen LogP contribution is -2.36. The molecule has 1 saturated heterocycles. The zero-order valence-corrected chi connectivity index (χ0v) is 22.9. The second-order valence-corrected chi connectivity index (χ2v) is 13.7. The molecule has 1 aliphatic carbocycles. The van der Waals surface area contributed by atoms with Gasteiger partial charge in [0.2, 0.25) is 10.0 Å². The molecule has 2 fully saturated rings. The quantitative estimate of drug-likeness (QED) is 0.458. The standard InChI is InChI=1S/C27H41N3O2S2/c1-20-25(33-28)18-24(30(20)19-21-11-7-5-8-12-21)22-13-14-26(23(17-22)27(2,3)4)34(31,32)29-15-9-6-10-16-29/h13-14,17-18,21H,5-12,15-16,19,28H2,1-4H3. The minimum atomic E-state index is -3.51. The molecule has 188 valence electrons. The number of hydrogen-bond acceptors (Lipinski definition) is 4. The van der Waals surface area contributed by atoms with Gasteiger partial charge >= 0.3 is 0 Å². The average molecular weight is 504 g/mol. The molecule has 1 aromatic heterocycles. The van der Waals surface area contributed by atoms with Crippen LogP contribution in [-0.2, 0) is 22.0 Å². The molecular weight excluding hydrogens is 462 g/mol. The van der Waals surface area contributed by atoms with Gasteiger partial charge in [0, 0.05) is 35.9 Å². The third kappa shape index (κ3) is 5.28. The summed E-state index contributed by atoms with van der Waals surface area (Å²) < 4.78 is 31.4. The summed E-state index contributed by atoms with van der Waals surface area (Å²) in [6, 6.07) is 8.16. The maximum Gasteiger partial charge on any atom is 0.243 e. The molecule has 0 unspecified atom stereocenters. The lowest BCUT2D eigenvalue weighted by Gasteiger charge is -2.30. The molecule has 2 aliphatic rings. The second-order valence-electron chi connectivity index (χ2n) is 11.1. The van der Waals surface area contributed by atoms with Crippen molar-refractivity contribution < 1.29 is 8.42 Å². The maximum atomic E-state index is 13.6. The molecule has 7 heteroatoms. The first-order chi connectivity index (χ1) is 16.1. The summed E-state index contributed by atoms with van der Waals surface area (Å²) in [5, 5.41) is 6.03. The van der Waals surface area contributed by atoms with Gasteiger partial charge in [-0.15, -0.1) is 0 Å². The van der Waals surface area contributed by atoms with E-state index in [1.165, 1.54) is 49.7 Å². The van der Waals surface area contributed by atoms with E-state index in [0.717, 1.165) is 47.5 Å². The smallest absolute Gasteiger partial charge is 0.243 e. The Morgan fingerprint density at radius 3 is 2.26 bits per heavy atom. The summed E-state index contributed by atoms with van der Waals surface area (Å²) in [4.78, 5) is 1.55. The molecule has 34 heavy (non-hydrogen) atoms. The normalized spacial score (nSPS) is 19.0. The number of aromatic nitrogens is 1. The Kier molecular flexibility index (Phi) is 7.87. The van der Waals surface area contributed by atoms with E-state index in [1.807, 2.05) is 12.1 Å². The third-order valence-electron chi connectivity index (χ3n) is 7.63. The minimum Gasteiger partial charge on any atom is -0.343 e. The molecule has 0 atom stereocenters. The lowest BCUT2D eigenvalue weighted by molar-refractivity contribution is 0.318. The van der Waals surface area contributed by atoms with E-state index in [2.05, 4.69) is 44.4 Å². The van der Waals surface area contributed by atoms with Gasteiger partial charge in [0.1, 0.15) is 0 Å². The van der Waals surface area contributed by atoms with Gasteiger partial charge in [0.05, 0.1) is 4.90 Å². The van der Waals surface area contributed by atoms with Crippen LogP contribution in [0.2, 0.25) is 0 Å². The highest BCUT2D eigenvalue weighted by molar-refractivity contribution is 7.97. The van der Waals surface area contributed by atoms with Gasteiger partial charge < -0.3 is 4.57 Å². The van der Waals surface area contributed by atoms with Crippen LogP contribution in [0.1, 0.15) is 83.4 Å². The lowest BCUT2D eigenvalue weighted by atomic mass is 9.85. The van der Waals surface area contributed by atoms with Crippen LogP contribution in [-0.4, -0.2) is 30.4 Å². The van der Waals surface area contributed by atoms with Crippen LogP contribution in [0, 0.1) is 12.8 Å².